The van der Waals surface area contributed by atoms with Gasteiger partial charge in [0.15, 0.2) is 0 Å². The van der Waals surface area contributed by atoms with Gasteiger partial charge in [0.05, 0.1) is 16.1 Å². The minimum atomic E-state index is 0.0848. The minimum Gasteiger partial charge on any atom is -0.271 e. The molecule has 1 atom stereocenters. The van der Waals surface area contributed by atoms with Crippen LogP contribution in [0.25, 0.3) is 0 Å². The van der Waals surface area contributed by atoms with Gasteiger partial charge in [-0.2, -0.15) is 0 Å². The molecule has 0 fully saturated rings. The van der Waals surface area contributed by atoms with Gasteiger partial charge in [-0.15, -0.1) is 11.3 Å². The summed E-state index contributed by atoms with van der Waals surface area (Å²) < 4.78 is 0. The van der Waals surface area contributed by atoms with Gasteiger partial charge in [0, 0.05) is 9.75 Å². The maximum absolute atomic E-state index is 6.26. The van der Waals surface area contributed by atoms with E-state index < -0.39 is 0 Å². The average Bonchev–Trinajstić information content (AvgIpc) is 3.01. The van der Waals surface area contributed by atoms with Crippen LogP contribution in [0, 0.1) is 0 Å². The van der Waals surface area contributed by atoms with Crippen molar-refractivity contribution in [3.63, 3.8) is 0 Å². The maximum atomic E-state index is 6.26. The average molecular weight is 327 g/mol. The number of nitrogens with two attached hydrogens (primary N) is 1. The second kappa shape index (κ2) is 6.04. The number of hydrogen-bond acceptors (Lipinski definition) is 3. The smallest absolute Gasteiger partial charge is 0.0625 e. The van der Waals surface area contributed by atoms with Gasteiger partial charge in [-0.05, 0) is 48.9 Å². The van der Waals surface area contributed by atoms with Crippen molar-refractivity contribution in [2.75, 3.05) is 0 Å². The predicted octanol–water partition coefficient (Wildman–Crippen LogP) is 4.29. The molecule has 0 amide bonds. The number of thiophene rings is 1. The van der Waals surface area contributed by atoms with E-state index in [1.54, 1.807) is 6.07 Å². The van der Waals surface area contributed by atoms with E-state index in [0.717, 1.165) is 12.0 Å². The lowest BCUT2D eigenvalue weighted by molar-refractivity contribution is 0.560. The van der Waals surface area contributed by atoms with Crippen LogP contribution in [-0.4, -0.2) is 0 Å². The van der Waals surface area contributed by atoms with Crippen LogP contribution in [0.4, 0.5) is 0 Å². The first kappa shape index (κ1) is 14.4. The van der Waals surface area contributed by atoms with Crippen molar-refractivity contribution in [3.8, 4) is 0 Å². The summed E-state index contributed by atoms with van der Waals surface area (Å²) in [5.74, 6) is 5.74. The van der Waals surface area contributed by atoms with Crippen molar-refractivity contribution < 1.29 is 0 Å². The van der Waals surface area contributed by atoms with Crippen molar-refractivity contribution in [2.24, 2.45) is 5.84 Å². The zero-order chi connectivity index (χ0) is 14.1. The molecule has 1 aromatic carbocycles. The Bertz CT molecular complexity index is 603. The third-order valence-corrected chi connectivity index (χ3v) is 5.97. The third kappa shape index (κ3) is 2.74. The van der Waals surface area contributed by atoms with Crippen molar-refractivity contribution in [3.05, 3.63) is 55.2 Å². The predicted molar refractivity (Wildman–Crippen MR) is 86.6 cm³/mol. The van der Waals surface area contributed by atoms with Crippen molar-refractivity contribution >= 4 is 34.5 Å². The number of fused-ring (bicyclic) bond motifs is 1. The highest BCUT2D eigenvalue weighted by atomic mass is 35.5. The van der Waals surface area contributed by atoms with Crippen LogP contribution in [0.3, 0.4) is 0 Å². The Morgan fingerprint density at radius 1 is 1.30 bits per heavy atom. The number of halogens is 2. The maximum Gasteiger partial charge on any atom is 0.0625 e. The van der Waals surface area contributed by atoms with Crippen LogP contribution in [0.2, 0.25) is 10.0 Å². The molecule has 0 radical (unpaired) electrons. The van der Waals surface area contributed by atoms with Crippen molar-refractivity contribution in [1.82, 2.24) is 5.43 Å². The summed E-state index contributed by atoms with van der Waals surface area (Å²) in [6.07, 6.45) is 4.42. The zero-order valence-electron chi connectivity index (χ0n) is 11.0. The third-order valence-electron chi connectivity index (χ3n) is 3.77. The van der Waals surface area contributed by atoms with Crippen LogP contribution >= 0.6 is 34.5 Å². The molecule has 2 aromatic rings. The highest BCUT2D eigenvalue weighted by molar-refractivity contribution is 7.12. The topological polar surface area (TPSA) is 38.0 Å². The number of nitrogens with one attached hydrogen (secondary N) is 1. The minimum absolute atomic E-state index is 0.0848. The van der Waals surface area contributed by atoms with Gasteiger partial charge >= 0.3 is 0 Å². The fourth-order valence-corrected chi connectivity index (χ4v) is 4.41. The first-order valence-electron chi connectivity index (χ1n) is 6.69. The monoisotopic (exact) mass is 326 g/mol. The summed E-state index contributed by atoms with van der Waals surface area (Å²) in [4.78, 5) is 2.80. The molecule has 1 aliphatic rings. The van der Waals surface area contributed by atoms with E-state index in [9.17, 15) is 0 Å². The molecule has 0 spiro atoms. The van der Waals surface area contributed by atoms with E-state index >= 15 is 0 Å². The standard InChI is InChI=1S/C15H16Cl2N2S/c16-11-5-1-4-10(15(11)17)7-12(19-18)14-8-9-3-2-6-13(9)20-14/h1,4-5,8,12,19H,2-3,6-7,18H2. The lowest BCUT2D eigenvalue weighted by Crippen LogP contribution is -2.29. The van der Waals surface area contributed by atoms with Crippen LogP contribution < -0.4 is 11.3 Å². The number of aryl methyl sites for hydroxylation is 2. The summed E-state index contributed by atoms with van der Waals surface area (Å²) in [6, 6.07) is 8.10. The molecule has 1 aliphatic carbocycles. The second-order valence-corrected chi connectivity index (χ2v) is 7.04. The van der Waals surface area contributed by atoms with Gasteiger partial charge < -0.3 is 0 Å². The zero-order valence-corrected chi connectivity index (χ0v) is 13.3. The van der Waals surface area contributed by atoms with Gasteiger partial charge in [-0.3, -0.25) is 11.3 Å². The molecule has 2 nitrogen and oxygen atoms in total. The Morgan fingerprint density at radius 2 is 2.15 bits per heavy atom. The molecule has 5 heteroatoms. The Hall–Kier alpha value is -0.580. The number of hydrazine groups is 1. The second-order valence-electron chi connectivity index (χ2n) is 5.09. The first-order chi connectivity index (χ1) is 9.69. The highest BCUT2D eigenvalue weighted by Crippen LogP contribution is 2.36. The first-order valence-corrected chi connectivity index (χ1v) is 8.26. The Kier molecular flexibility index (Phi) is 4.34. The Morgan fingerprint density at radius 3 is 2.90 bits per heavy atom. The van der Waals surface area contributed by atoms with Crippen molar-refractivity contribution in [2.45, 2.75) is 31.7 Å². The number of benzene rings is 1. The molecule has 106 valence electrons. The van der Waals surface area contributed by atoms with Crippen molar-refractivity contribution in [1.29, 1.82) is 0 Å². The van der Waals surface area contributed by atoms with E-state index in [-0.39, 0.29) is 6.04 Å². The molecule has 20 heavy (non-hydrogen) atoms. The van der Waals surface area contributed by atoms with E-state index in [0.29, 0.717) is 10.0 Å². The summed E-state index contributed by atoms with van der Waals surface area (Å²) >= 11 is 14.2. The van der Waals surface area contributed by atoms with E-state index in [1.165, 1.54) is 34.6 Å². The highest BCUT2D eigenvalue weighted by Gasteiger charge is 2.20. The SMILES string of the molecule is NNC(Cc1cccc(Cl)c1Cl)c1cc2c(s1)CCC2. The molecule has 1 aromatic heterocycles. The summed E-state index contributed by atoms with van der Waals surface area (Å²) in [6.45, 7) is 0. The largest absolute Gasteiger partial charge is 0.271 e. The van der Waals surface area contributed by atoms with Crippen LogP contribution in [-0.2, 0) is 19.3 Å². The van der Waals surface area contributed by atoms with Crippen LogP contribution in [0.1, 0.15) is 33.3 Å². The van der Waals surface area contributed by atoms with Crippen LogP contribution in [0.5, 0.6) is 0 Å². The Balaban J connectivity index is 1.84. The Labute approximate surface area is 132 Å². The molecule has 0 bridgehead atoms. The summed E-state index contributed by atoms with van der Waals surface area (Å²) in [5.41, 5.74) is 5.42. The number of hydrogen-bond donors (Lipinski definition) is 2. The number of rotatable bonds is 4. The van der Waals surface area contributed by atoms with Gasteiger partial charge in [-0.25, -0.2) is 0 Å². The molecule has 3 rings (SSSR count). The van der Waals surface area contributed by atoms with Gasteiger partial charge in [0.25, 0.3) is 0 Å². The molecule has 0 saturated carbocycles. The lowest BCUT2D eigenvalue weighted by Gasteiger charge is -2.15. The molecular formula is C15H16Cl2N2S. The normalized spacial score (nSPS) is 15.3. The molecule has 1 heterocycles. The molecule has 0 aliphatic heterocycles. The van der Waals surface area contributed by atoms with E-state index in [4.69, 9.17) is 29.0 Å². The quantitative estimate of drug-likeness (QED) is 0.649. The fraction of sp³-hybridized carbons (Fsp3) is 0.333. The molecule has 1 unspecified atom stereocenters. The van der Waals surface area contributed by atoms with E-state index in [2.05, 4.69) is 11.5 Å². The van der Waals surface area contributed by atoms with Gasteiger partial charge in [-0.1, -0.05) is 35.3 Å². The van der Waals surface area contributed by atoms with Crippen LogP contribution in [0.15, 0.2) is 24.3 Å². The van der Waals surface area contributed by atoms with E-state index in [1.807, 2.05) is 23.5 Å². The fourth-order valence-electron chi connectivity index (χ4n) is 2.69. The van der Waals surface area contributed by atoms with Gasteiger partial charge in [0.2, 0.25) is 0 Å². The van der Waals surface area contributed by atoms with Gasteiger partial charge in [0.1, 0.15) is 0 Å². The lowest BCUT2D eigenvalue weighted by atomic mass is 10.0. The molecule has 0 saturated heterocycles. The summed E-state index contributed by atoms with van der Waals surface area (Å²) in [7, 11) is 0. The summed E-state index contributed by atoms with van der Waals surface area (Å²) in [5, 5.41) is 1.21. The molecular weight excluding hydrogens is 311 g/mol. The molecule has 3 N–H and O–H groups in total.